The molecule has 4 heteroatoms. The molecule has 0 bridgehead atoms. The third-order valence-electron chi connectivity index (χ3n) is 4.58. The lowest BCUT2D eigenvalue weighted by Gasteiger charge is -2.39. The molecule has 4 nitrogen and oxygen atoms in total. The molecule has 0 spiro atoms. The number of amides is 1. The molecule has 0 aromatic carbocycles. The van der Waals surface area contributed by atoms with E-state index in [9.17, 15) is 4.79 Å². The lowest BCUT2D eigenvalue weighted by atomic mass is 9.73. The minimum Gasteiger partial charge on any atom is -0.444 e. The van der Waals surface area contributed by atoms with Gasteiger partial charge in [0.1, 0.15) is 5.60 Å². The second-order valence-electron chi connectivity index (χ2n) is 7.47. The molecule has 1 heterocycles. The van der Waals surface area contributed by atoms with Crippen LogP contribution in [0.5, 0.6) is 0 Å². The van der Waals surface area contributed by atoms with Gasteiger partial charge in [-0.1, -0.05) is 0 Å². The van der Waals surface area contributed by atoms with Crippen LogP contribution in [0.25, 0.3) is 0 Å². The highest BCUT2D eigenvalue weighted by Gasteiger charge is 2.32. The summed E-state index contributed by atoms with van der Waals surface area (Å²) in [4.78, 5) is 13.9. The molecule has 1 aliphatic heterocycles. The Bertz CT molecular complexity index is 324. The Balaban J connectivity index is 1.66. The summed E-state index contributed by atoms with van der Waals surface area (Å²) in [6, 6.07) is 0.752. The summed E-state index contributed by atoms with van der Waals surface area (Å²) in [5, 5.41) is 3.34. The zero-order chi connectivity index (χ0) is 14.8. The lowest BCUT2D eigenvalue weighted by Crippen LogP contribution is -2.43. The summed E-state index contributed by atoms with van der Waals surface area (Å²) in [5.74, 6) is 1.71. The van der Waals surface area contributed by atoms with Crippen molar-refractivity contribution in [2.45, 2.75) is 64.5 Å². The van der Waals surface area contributed by atoms with Gasteiger partial charge in [-0.05, 0) is 71.8 Å². The molecule has 1 amide bonds. The van der Waals surface area contributed by atoms with Crippen molar-refractivity contribution in [2.24, 2.45) is 11.8 Å². The standard InChI is InChI=1S/C16H30N2O2/c1-16(2,3)20-15(19)18-7-5-12(6-8-18)9-13-10-14(11-13)17-4/h12-14,17H,5-11H2,1-4H3. The van der Waals surface area contributed by atoms with E-state index in [1.54, 1.807) is 0 Å². The Morgan fingerprint density at radius 1 is 1.20 bits per heavy atom. The largest absolute Gasteiger partial charge is 0.444 e. The Morgan fingerprint density at radius 2 is 1.80 bits per heavy atom. The smallest absolute Gasteiger partial charge is 0.410 e. The molecule has 1 saturated heterocycles. The van der Waals surface area contributed by atoms with Crippen molar-refractivity contribution in [1.82, 2.24) is 10.2 Å². The van der Waals surface area contributed by atoms with Gasteiger partial charge in [0.2, 0.25) is 0 Å². The van der Waals surface area contributed by atoms with Crippen molar-refractivity contribution in [2.75, 3.05) is 20.1 Å². The Labute approximate surface area is 123 Å². The Kier molecular flexibility index (Phi) is 4.95. The van der Waals surface area contributed by atoms with Gasteiger partial charge in [0, 0.05) is 19.1 Å². The summed E-state index contributed by atoms with van der Waals surface area (Å²) in [6.45, 7) is 7.49. The fraction of sp³-hybridized carbons (Fsp3) is 0.938. The Hall–Kier alpha value is -0.770. The number of ether oxygens (including phenoxy) is 1. The van der Waals surface area contributed by atoms with Crippen molar-refractivity contribution in [3.8, 4) is 0 Å². The highest BCUT2D eigenvalue weighted by Crippen LogP contribution is 2.35. The summed E-state index contributed by atoms with van der Waals surface area (Å²) in [5.41, 5.74) is -0.387. The van der Waals surface area contributed by atoms with Gasteiger partial charge in [-0.3, -0.25) is 0 Å². The number of hydrogen-bond donors (Lipinski definition) is 1. The third kappa shape index (κ3) is 4.37. The van der Waals surface area contributed by atoms with Crippen molar-refractivity contribution in [1.29, 1.82) is 0 Å². The van der Waals surface area contributed by atoms with E-state index in [4.69, 9.17) is 4.74 Å². The fourth-order valence-electron chi connectivity index (χ4n) is 3.31. The molecule has 2 fully saturated rings. The lowest BCUT2D eigenvalue weighted by molar-refractivity contribution is 0.0167. The van der Waals surface area contributed by atoms with Gasteiger partial charge in [-0.15, -0.1) is 0 Å². The minimum atomic E-state index is -0.387. The van der Waals surface area contributed by atoms with Crippen molar-refractivity contribution in [3.63, 3.8) is 0 Å². The molecule has 1 aliphatic carbocycles. The van der Waals surface area contributed by atoms with Crippen molar-refractivity contribution >= 4 is 6.09 Å². The molecule has 1 N–H and O–H groups in total. The van der Waals surface area contributed by atoms with Crippen LogP contribution in [0.3, 0.4) is 0 Å². The van der Waals surface area contributed by atoms with Crippen LogP contribution in [0.4, 0.5) is 4.79 Å². The number of carbonyl (C=O) groups excluding carboxylic acids is 1. The topological polar surface area (TPSA) is 41.6 Å². The van der Waals surface area contributed by atoms with Crippen LogP contribution >= 0.6 is 0 Å². The SMILES string of the molecule is CNC1CC(CC2CCN(C(=O)OC(C)(C)C)CC2)C1. The van der Waals surface area contributed by atoms with Crippen LogP contribution in [0.15, 0.2) is 0 Å². The first kappa shape index (κ1) is 15.6. The van der Waals surface area contributed by atoms with E-state index in [0.29, 0.717) is 0 Å². The molecule has 116 valence electrons. The molecule has 0 unspecified atom stereocenters. The first-order valence-corrected chi connectivity index (χ1v) is 8.02. The predicted octanol–water partition coefficient (Wildman–Crippen LogP) is 3.02. The van der Waals surface area contributed by atoms with E-state index in [0.717, 1.165) is 43.8 Å². The number of piperidine rings is 1. The molecule has 0 atom stereocenters. The first-order chi connectivity index (χ1) is 9.37. The monoisotopic (exact) mass is 282 g/mol. The highest BCUT2D eigenvalue weighted by molar-refractivity contribution is 5.68. The summed E-state index contributed by atoms with van der Waals surface area (Å²) >= 11 is 0. The summed E-state index contributed by atoms with van der Waals surface area (Å²) < 4.78 is 5.43. The second kappa shape index (κ2) is 6.33. The molecular formula is C16H30N2O2. The molecule has 2 rings (SSSR count). The van der Waals surface area contributed by atoms with Crippen LogP contribution in [0.2, 0.25) is 0 Å². The average molecular weight is 282 g/mol. The molecular weight excluding hydrogens is 252 g/mol. The molecule has 0 aromatic rings. The van der Waals surface area contributed by atoms with E-state index in [1.807, 2.05) is 25.7 Å². The maximum atomic E-state index is 12.0. The molecule has 1 saturated carbocycles. The predicted molar refractivity (Wildman–Crippen MR) is 80.7 cm³/mol. The summed E-state index contributed by atoms with van der Waals surface area (Å²) in [7, 11) is 2.06. The molecule has 0 radical (unpaired) electrons. The number of nitrogens with one attached hydrogen (secondary N) is 1. The maximum Gasteiger partial charge on any atom is 0.410 e. The number of hydrogen-bond acceptors (Lipinski definition) is 3. The third-order valence-corrected chi connectivity index (χ3v) is 4.58. The van der Waals surface area contributed by atoms with Crippen LogP contribution in [-0.4, -0.2) is 42.8 Å². The highest BCUT2D eigenvalue weighted by atomic mass is 16.6. The quantitative estimate of drug-likeness (QED) is 0.865. The van der Waals surface area contributed by atoms with E-state index in [2.05, 4.69) is 12.4 Å². The van der Waals surface area contributed by atoms with Crippen LogP contribution in [0, 0.1) is 11.8 Å². The van der Waals surface area contributed by atoms with Crippen molar-refractivity contribution in [3.05, 3.63) is 0 Å². The van der Waals surface area contributed by atoms with Gasteiger partial charge < -0.3 is 15.0 Å². The zero-order valence-electron chi connectivity index (χ0n) is 13.4. The van der Waals surface area contributed by atoms with Gasteiger partial charge in [-0.25, -0.2) is 4.79 Å². The minimum absolute atomic E-state index is 0.144. The molecule has 2 aliphatic rings. The van der Waals surface area contributed by atoms with Gasteiger partial charge in [-0.2, -0.15) is 0 Å². The van der Waals surface area contributed by atoms with Crippen molar-refractivity contribution < 1.29 is 9.53 Å². The van der Waals surface area contributed by atoms with Gasteiger partial charge in [0.25, 0.3) is 0 Å². The number of carbonyl (C=O) groups is 1. The maximum absolute atomic E-state index is 12.0. The normalized spacial score (nSPS) is 28.1. The van der Waals surface area contributed by atoms with E-state index < -0.39 is 0 Å². The molecule has 20 heavy (non-hydrogen) atoms. The number of rotatable bonds is 3. The number of likely N-dealkylation sites (tertiary alicyclic amines) is 1. The van der Waals surface area contributed by atoms with Crippen LogP contribution < -0.4 is 5.32 Å². The first-order valence-electron chi connectivity index (χ1n) is 8.02. The van der Waals surface area contributed by atoms with Gasteiger partial charge in [0.15, 0.2) is 0 Å². The van der Waals surface area contributed by atoms with Crippen LogP contribution in [0.1, 0.15) is 52.9 Å². The van der Waals surface area contributed by atoms with Gasteiger partial charge in [0.05, 0.1) is 0 Å². The fourth-order valence-corrected chi connectivity index (χ4v) is 3.31. The van der Waals surface area contributed by atoms with E-state index in [-0.39, 0.29) is 11.7 Å². The molecule has 0 aromatic heterocycles. The van der Waals surface area contributed by atoms with E-state index in [1.165, 1.54) is 19.3 Å². The Morgan fingerprint density at radius 3 is 2.30 bits per heavy atom. The second-order valence-corrected chi connectivity index (χ2v) is 7.47. The van der Waals surface area contributed by atoms with Gasteiger partial charge >= 0.3 is 6.09 Å². The number of nitrogens with zero attached hydrogens (tertiary/aromatic N) is 1. The zero-order valence-corrected chi connectivity index (χ0v) is 13.4. The van der Waals surface area contributed by atoms with Crippen LogP contribution in [-0.2, 0) is 4.74 Å². The summed E-state index contributed by atoms with van der Waals surface area (Å²) in [6.07, 6.45) is 6.15. The van der Waals surface area contributed by atoms with E-state index >= 15 is 0 Å². The average Bonchev–Trinajstić information content (AvgIpc) is 2.31.